The van der Waals surface area contributed by atoms with Crippen molar-refractivity contribution in [2.45, 2.75) is 6.92 Å². The Balaban J connectivity index is 1.99. The molecule has 0 aliphatic heterocycles. The van der Waals surface area contributed by atoms with E-state index < -0.39 is 22.3 Å². The van der Waals surface area contributed by atoms with E-state index in [1.54, 1.807) is 6.92 Å². The number of carbonyl (C=O) groups excluding carboxylic acids is 1. The van der Waals surface area contributed by atoms with Crippen molar-refractivity contribution in [3.05, 3.63) is 57.7 Å². The number of amides is 1. The van der Waals surface area contributed by atoms with Crippen LogP contribution in [0.1, 0.15) is 16.2 Å². The van der Waals surface area contributed by atoms with Gasteiger partial charge in [-0.15, -0.1) is 5.10 Å². The fourth-order valence-corrected chi connectivity index (χ4v) is 2.61. The SMILES string of the molecule is COc1cc(C(=O)Nc2ccc(F)c(-n3nnnc3C)c2)c([N+](=O)[O-])cc1OC. The minimum atomic E-state index is -0.788. The molecular formula is C17H15FN6O5. The summed E-state index contributed by atoms with van der Waals surface area (Å²) in [5.41, 5.74) is -0.534. The maximum Gasteiger partial charge on any atom is 0.286 e. The molecule has 0 radical (unpaired) electrons. The van der Waals surface area contributed by atoms with Gasteiger partial charge < -0.3 is 14.8 Å². The topological polar surface area (TPSA) is 134 Å². The Morgan fingerprint density at radius 3 is 2.48 bits per heavy atom. The second kappa shape index (κ2) is 7.88. The maximum atomic E-state index is 14.2. The van der Waals surface area contributed by atoms with Gasteiger partial charge in [-0.05, 0) is 35.5 Å². The molecule has 1 aromatic heterocycles. The van der Waals surface area contributed by atoms with Crippen LogP contribution in [0.2, 0.25) is 0 Å². The molecule has 0 aliphatic rings. The number of tetrazole rings is 1. The Kier molecular flexibility index (Phi) is 5.34. The monoisotopic (exact) mass is 402 g/mol. The molecule has 3 rings (SSSR count). The van der Waals surface area contributed by atoms with E-state index in [9.17, 15) is 19.3 Å². The zero-order valence-electron chi connectivity index (χ0n) is 15.5. The average molecular weight is 402 g/mol. The predicted molar refractivity (Wildman–Crippen MR) is 98.0 cm³/mol. The van der Waals surface area contributed by atoms with Crippen LogP contribution in [-0.4, -0.2) is 45.3 Å². The number of aryl methyl sites for hydroxylation is 1. The quantitative estimate of drug-likeness (QED) is 0.490. The number of aromatic nitrogens is 4. The van der Waals surface area contributed by atoms with E-state index in [1.807, 2.05) is 0 Å². The van der Waals surface area contributed by atoms with Crippen molar-refractivity contribution in [3.63, 3.8) is 0 Å². The van der Waals surface area contributed by atoms with Gasteiger partial charge in [-0.1, -0.05) is 0 Å². The Morgan fingerprint density at radius 1 is 1.21 bits per heavy atom. The Labute approximate surface area is 163 Å². The van der Waals surface area contributed by atoms with Crippen molar-refractivity contribution in [1.82, 2.24) is 20.2 Å². The highest BCUT2D eigenvalue weighted by molar-refractivity contribution is 6.07. The third-order valence-corrected chi connectivity index (χ3v) is 4.00. The molecule has 0 fully saturated rings. The van der Waals surface area contributed by atoms with Gasteiger partial charge in [-0.2, -0.15) is 4.68 Å². The molecule has 29 heavy (non-hydrogen) atoms. The molecule has 0 saturated heterocycles. The first-order chi connectivity index (χ1) is 13.8. The van der Waals surface area contributed by atoms with E-state index in [2.05, 4.69) is 20.8 Å². The average Bonchev–Trinajstić information content (AvgIpc) is 3.13. The third-order valence-electron chi connectivity index (χ3n) is 4.00. The number of anilines is 1. The third kappa shape index (κ3) is 3.81. The molecule has 0 spiro atoms. The highest BCUT2D eigenvalue weighted by Gasteiger charge is 2.25. The summed E-state index contributed by atoms with van der Waals surface area (Å²) in [7, 11) is 2.66. The highest BCUT2D eigenvalue weighted by Crippen LogP contribution is 2.35. The van der Waals surface area contributed by atoms with Gasteiger partial charge in [0.2, 0.25) is 0 Å². The predicted octanol–water partition coefficient (Wildman–Crippen LogP) is 2.29. The van der Waals surface area contributed by atoms with Gasteiger partial charge in [-0.3, -0.25) is 14.9 Å². The van der Waals surface area contributed by atoms with Gasteiger partial charge in [0, 0.05) is 11.8 Å². The van der Waals surface area contributed by atoms with Crippen LogP contribution in [0.5, 0.6) is 11.5 Å². The molecule has 0 atom stereocenters. The molecular weight excluding hydrogens is 387 g/mol. The summed E-state index contributed by atoms with van der Waals surface area (Å²) < 4.78 is 25.5. The lowest BCUT2D eigenvalue weighted by atomic mass is 10.1. The standard InChI is InChI=1S/C17H15FN6O5/c1-9-20-21-22-23(9)14-6-10(4-5-12(14)18)19-17(25)11-7-15(28-2)16(29-3)8-13(11)24(26)27/h4-8H,1-3H3,(H,19,25). The summed E-state index contributed by atoms with van der Waals surface area (Å²) in [6, 6.07) is 6.03. The minimum absolute atomic E-state index is 0.00658. The fraction of sp³-hybridized carbons (Fsp3) is 0.176. The number of hydrogen-bond acceptors (Lipinski definition) is 8. The van der Waals surface area contributed by atoms with Crippen LogP contribution >= 0.6 is 0 Å². The van der Waals surface area contributed by atoms with Gasteiger partial charge in [0.25, 0.3) is 11.6 Å². The van der Waals surface area contributed by atoms with E-state index in [4.69, 9.17) is 9.47 Å². The van der Waals surface area contributed by atoms with E-state index in [0.717, 1.165) is 16.8 Å². The van der Waals surface area contributed by atoms with Gasteiger partial charge in [0.05, 0.1) is 25.2 Å². The molecule has 1 heterocycles. The van der Waals surface area contributed by atoms with Crippen molar-refractivity contribution in [2.24, 2.45) is 0 Å². The number of nitro groups is 1. The van der Waals surface area contributed by atoms with E-state index >= 15 is 0 Å². The van der Waals surface area contributed by atoms with Crippen LogP contribution in [0.15, 0.2) is 30.3 Å². The summed E-state index contributed by atoms with van der Waals surface area (Å²) in [6.45, 7) is 1.58. The number of benzene rings is 2. The van der Waals surface area contributed by atoms with Crippen molar-refractivity contribution in [3.8, 4) is 17.2 Å². The lowest BCUT2D eigenvalue weighted by Gasteiger charge is -2.12. The van der Waals surface area contributed by atoms with Crippen molar-refractivity contribution < 1.29 is 23.6 Å². The van der Waals surface area contributed by atoms with Crippen LogP contribution in [0.25, 0.3) is 5.69 Å². The fourth-order valence-electron chi connectivity index (χ4n) is 2.61. The number of hydrogen-bond donors (Lipinski definition) is 1. The highest BCUT2D eigenvalue weighted by atomic mass is 19.1. The van der Waals surface area contributed by atoms with Crippen LogP contribution in [0, 0.1) is 22.9 Å². The summed E-state index contributed by atoms with van der Waals surface area (Å²) in [5, 5.41) is 24.7. The number of halogens is 1. The van der Waals surface area contributed by atoms with E-state index in [0.29, 0.717) is 5.82 Å². The summed E-state index contributed by atoms with van der Waals surface area (Å²) in [6.07, 6.45) is 0. The Hall–Kier alpha value is -4.09. The molecule has 0 unspecified atom stereocenters. The molecule has 1 N–H and O–H groups in total. The van der Waals surface area contributed by atoms with Crippen molar-refractivity contribution >= 4 is 17.3 Å². The van der Waals surface area contributed by atoms with Crippen LogP contribution in [-0.2, 0) is 0 Å². The van der Waals surface area contributed by atoms with Gasteiger partial charge in [0.1, 0.15) is 17.1 Å². The van der Waals surface area contributed by atoms with Crippen LogP contribution < -0.4 is 14.8 Å². The summed E-state index contributed by atoms with van der Waals surface area (Å²) in [5.74, 6) is -0.816. The van der Waals surface area contributed by atoms with E-state index in [-0.39, 0.29) is 28.4 Å². The second-order valence-electron chi connectivity index (χ2n) is 5.74. The second-order valence-corrected chi connectivity index (χ2v) is 5.74. The molecule has 12 heteroatoms. The molecule has 0 aliphatic carbocycles. The zero-order chi connectivity index (χ0) is 21.1. The largest absolute Gasteiger partial charge is 0.493 e. The number of rotatable bonds is 6. The van der Waals surface area contributed by atoms with Crippen molar-refractivity contribution in [2.75, 3.05) is 19.5 Å². The number of nitrogens with zero attached hydrogens (tertiary/aromatic N) is 5. The lowest BCUT2D eigenvalue weighted by Crippen LogP contribution is -2.15. The molecule has 1 amide bonds. The lowest BCUT2D eigenvalue weighted by molar-refractivity contribution is -0.385. The van der Waals surface area contributed by atoms with Crippen LogP contribution in [0.4, 0.5) is 15.8 Å². The first kappa shape index (κ1) is 19.7. The normalized spacial score (nSPS) is 10.5. The molecule has 150 valence electrons. The molecule has 0 bridgehead atoms. The molecule has 11 nitrogen and oxygen atoms in total. The molecule has 0 saturated carbocycles. The summed E-state index contributed by atoms with van der Waals surface area (Å²) in [4.78, 5) is 23.4. The number of methoxy groups -OCH3 is 2. The van der Waals surface area contributed by atoms with E-state index in [1.165, 1.54) is 32.4 Å². The Bertz CT molecular complexity index is 1100. The smallest absolute Gasteiger partial charge is 0.286 e. The van der Waals surface area contributed by atoms with Gasteiger partial charge in [0.15, 0.2) is 17.3 Å². The number of nitrogens with one attached hydrogen (secondary N) is 1. The Morgan fingerprint density at radius 2 is 1.90 bits per heavy atom. The number of nitro benzene ring substituents is 1. The number of ether oxygens (including phenoxy) is 2. The van der Waals surface area contributed by atoms with Gasteiger partial charge in [-0.25, -0.2) is 4.39 Å². The first-order valence-electron chi connectivity index (χ1n) is 8.12. The molecule has 2 aromatic carbocycles. The first-order valence-corrected chi connectivity index (χ1v) is 8.12. The zero-order valence-corrected chi connectivity index (χ0v) is 15.5. The summed E-state index contributed by atoms with van der Waals surface area (Å²) >= 11 is 0. The van der Waals surface area contributed by atoms with Gasteiger partial charge >= 0.3 is 0 Å². The van der Waals surface area contributed by atoms with Crippen LogP contribution in [0.3, 0.4) is 0 Å². The van der Waals surface area contributed by atoms with Crippen molar-refractivity contribution in [1.29, 1.82) is 0 Å². The number of carbonyl (C=O) groups is 1. The maximum absolute atomic E-state index is 14.2. The minimum Gasteiger partial charge on any atom is -0.493 e. The molecule has 3 aromatic rings.